The third-order valence-electron chi connectivity index (χ3n) is 2.65. The minimum absolute atomic E-state index is 0.529. The normalized spacial score (nSPS) is 16.0. The number of nitrogens with zero attached hydrogens (tertiary/aromatic N) is 3. The summed E-state index contributed by atoms with van der Waals surface area (Å²) in [7, 11) is 0. The van der Waals surface area contributed by atoms with Crippen LogP contribution in [0.1, 0.15) is 19.4 Å². The van der Waals surface area contributed by atoms with Gasteiger partial charge in [-0.3, -0.25) is 0 Å². The van der Waals surface area contributed by atoms with Gasteiger partial charge in [0.15, 0.2) is 0 Å². The standard InChI is InChI=1S/C12H16N4/c1-9(2)15-11-7-16(8-11)12-4-3-10(5-13)6-14-12/h3-4,6,9,11,15H,7-8H2,1-2H3. The second-order valence-electron chi connectivity index (χ2n) is 4.44. The first-order valence-corrected chi connectivity index (χ1v) is 5.56. The van der Waals surface area contributed by atoms with Gasteiger partial charge in [-0.05, 0) is 12.1 Å². The van der Waals surface area contributed by atoms with Crippen LogP contribution < -0.4 is 10.2 Å². The van der Waals surface area contributed by atoms with Gasteiger partial charge in [0, 0.05) is 31.4 Å². The van der Waals surface area contributed by atoms with E-state index in [2.05, 4.69) is 35.1 Å². The molecular weight excluding hydrogens is 200 g/mol. The third kappa shape index (κ3) is 2.31. The first kappa shape index (κ1) is 10.9. The van der Waals surface area contributed by atoms with Crippen LogP contribution in [-0.4, -0.2) is 30.2 Å². The Labute approximate surface area is 95.9 Å². The zero-order valence-electron chi connectivity index (χ0n) is 9.64. The van der Waals surface area contributed by atoms with E-state index in [0.717, 1.165) is 18.9 Å². The molecule has 1 aliphatic rings. The second kappa shape index (κ2) is 4.50. The Kier molecular flexibility index (Phi) is 3.07. The van der Waals surface area contributed by atoms with Crippen molar-refractivity contribution in [1.82, 2.24) is 10.3 Å². The van der Waals surface area contributed by atoms with Gasteiger partial charge in [0.25, 0.3) is 0 Å². The van der Waals surface area contributed by atoms with Gasteiger partial charge < -0.3 is 10.2 Å². The molecule has 0 unspecified atom stereocenters. The van der Waals surface area contributed by atoms with E-state index in [4.69, 9.17) is 5.26 Å². The highest BCUT2D eigenvalue weighted by Gasteiger charge is 2.27. The number of aromatic nitrogens is 1. The average molecular weight is 216 g/mol. The van der Waals surface area contributed by atoms with Crippen LogP contribution in [0.25, 0.3) is 0 Å². The van der Waals surface area contributed by atoms with Crippen LogP contribution in [0.5, 0.6) is 0 Å². The lowest BCUT2D eigenvalue weighted by Crippen LogP contribution is -2.59. The summed E-state index contributed by atoms with van der Waals surface area (Å²) in [6.07, 6.45) is 1.62. The van der Waals surface area contributed by atoms with Gasteiger partial charge in [-0.1, -0.05) is 13.8 Å². The number of hydrogen-bond donors (Lipinski definition) is 1. The summed E-state index contributed by atoms with van der Waals surface area (Å²) in [6.45, 7) is 6.30. The molecule has 84 valence electrons. The van der Waals surface area contributed by atoms with Crippen molar-refractivity contribution in [2.24, 2.45) is 0 Å². The zero-order valence-corrected chi connectivity index (χ0v) is 9.64. The molecule has 1 fully saturated rings. The highest BCUT2D eigenvalue weighted by atomic mass is 15.3. The molecule has 0 aromatic carbocycles. The molecule has 4 nitrogen and oxygen atoms in total. The number of anilines is 1. The van der Waals surface area contributed by atoms with Crippen molar-refractivity contribution in [3.05, 3.63) is 23.9 Å². The molecule has 0 bridgehead atoms. The first-order chi connectivity index (χ1) is 7.69. The Bertz CT molecular complexity index is 384. The molecule has 2 heterocycles. The average Bonchev–Trinajstić information content (AvgIpc) is 2.23. The van der Waals surface area contributed by atoms with Crippen LogP contribution in [0.15, 0.2) is 18.3 Å². The van der Waals surface area contributed by atoms with E-state index < -0.39 is 0 Å². The number of hydrogen-bond acceptors (Lipinski definition) is 4. The Morgan fingerprint density at radius 1 is 1.50 bits per heavy atom. The molecule has 16 heavy (non-hydrogen) atoms. The minimum atomic E-state index is 0.529. The predicted octanol–water partition coefficient (Wildman–Crippen LogP) is 1.14. The van der Waals surface area contributed by atoms with Crippen LogP contribution in [0.3, 0.4) is 0 Å². The second-order valence-corrected chi connectivity index (χ2v) is 4.44. The van der Waals surface area contributed by atoms with Gasteiger partial charge in [0.05, 0.1) is 5.56 Å². The van der Waals surface area contributed by atoms with Gasteiger partial charge in [0.1, 0.15) is 11.9 Å². The highest BCUT2D eigenvalue weighted by molar-refractivity contribution is 5.44. The Morgan fingerprint density at radius 3 is 2.75 bits per heavy atom. The quantitative estimate of drug-likeness (QED) is 0.823. The fraction of sp³-hybridized carbons (Fsp3) is 0.500. The van der Waals surface area contributed by atoms with Crippen LogP contribution in [-0.2, 0) is 0 Å². The first-order valence-electron chi connectivity index (χ1n) is 5.56. The van der Waals surface area contributed by atoms with Crippen molar-refractivity contribution in [3.8, 4) is 6.07 Å². The summed E-state index contributed by atoms with van der Waals surface area (Å²) in [4.78, 5) is 6.47. The topological polar surface area (TPSA) is 52.0 Å². The molecular formula is C12H16N4. The molecule has 1 aliphatic heterocycles. The third-order valence-corrected chi connectivity index (χ3v) is 2.65. The van der Waals surface area contributed by atoms with Crippen LogP contribution >= 0.6 is 0 Å². The fourth-order valence-corrected chi connectivity index (χ4v) is 1.88. The molecule has 0 spiro atoms. The molecule has 0 saturated carbocycles. The lowest BCUT2D eigenvalue weighted by molar-refractivity contribution is 0.387. The molecule has 0 amide bonds. The summed E-state index contributed by atoms with van der Waals surface area (Å²) < 4.78 is 0. The molecule has 1 aromatic heterocycles. The maximum Gasteiger partial charge on any atom is 0.128 e. The smallest absolute Gasteiger partial charge is 0.128 e. The predicted molar refractivity (Wildman–Crippen MR) is 63.2 cm³/mol. The van der Waals surface area contributed by atoms with E-state index in [9.17, 15) is 0 Å². The summed E-state index contributed by atoms with van der Waals surface area (Å²) >= 11 is 0. The Balaban J connectivity index is 1.89. The number of nitriles is 1. The summed E-state index contributed by atoms with van der Waals surface area (Å²) in [5.74, 6) is 0.959. The number of nitrogens with one attached hydrogen (secondary N) is 1. The molecule has 4 heteroatoms. The SMILES string of the molecule is CC(C)NC1CN(c2ccc(C#N)cn2)C1. The van der Waals surface area contributed by atoms with Crippen molar-refractivity contribution in [3.63, 3.8) is 0 Å². The lowest BCUT2D eigenvalue weighted by atomic mass is 10.1. The maximum absolute atomic E-state index is 8.67. The monoisotopic (exact) mass is 216 g/mol. The minimum Gasteiger partial charge on any atom is -0.353 e. The summed E-state index contributed by atoms with van der Waals surface area (Å²) in [6, 6.07) is 6.88. The van der Waals surface area contributed by atoms with E-state index in [1.165, 1.54) is 0 Å². The van der Waals surface area contributed by atoms with E-state index in [1.54, 1.807) is 6.20 Å². The highest BCUT2D eigenvalue weighted by Crippen LogP contribution is 2.18. The van der Waals surface area contributed by atoms with E-state index >= 15 is 0 Å². The van der Waals surface area contributed by atoms with Crippen molar-refractivity contribution in [1.29, 1.82) is 5.26 Å². The summed E-state index contributed by atoms with van der Waals surface area (Å²) in [5, 5.41) is 12.1. The maximum atomic E-state index is 8.67. The van der Waals surface area contributed by atoms with E-state index in [0.29, 0.717) is 17.6 Å². The van der Waals surface area contributed by atoms with Crippen molar-refractivity contribution >= 4 is 5.82 Å². The molecule has 1 saturated heterocycles. The molecule has 1 N–H and O–H groups in total. The summed E-state index contributed by atoms with van der Waals surface area (Å²) in [5.41, 5.74) is 0.612. The molecule has 1 aromatic rings. The van der Waals surface area contributed by atoms with Crippen LogP contribution in [0, 0.1) is 11.3 Å². The van der Waals surface area contributed by atoms with Crippen LogP contribution in [0.4, 0.5) is 5.82 Å². The van der Waals surface area contributed by atoms with Gasteiger partial charge in [-0.25, -0.2) is 4.98 Å². The van der Waals surface area contributed by atoms with Crippen molar-refractivity contribution < 1.29 is 0 Å². The Morgan fingerprint density at radius 2 is 2.25 bits per heavy atom. The van der Waals surface area contributed by atoms with Gasteiger partial charge >= 0.3 is 0 Å². The lowest BCUT2D eigenvalue weighted by Gasteiger charge is -2.41. The number of pyridine rings is 1. The largest absolute Gasteiger partial charge is 0.353 e. The molecule has 0 radical (unpaired) electrons. The van der Waals surface area contributed by atoms with Crippen molar-refractivity contribution in [2.75, 3.05) is 18.0 Å². The Hall–Kier alpha value is -1.60. The van der Waals surface area contributed by atoms with E-state index in [-0.39, 0.29) is 0 Å². The zero-order chi connectivity index (χ0) is 11.5. The fourth-order valence-electron chi connectivity index (χ4n) is 1.88. The van der Waals surface area contributed by atoms with E-state index in [1.807, 2.05) is 12.1 Å². The number of rotatable bonds is 3. The van der Waals surface area contributed by atoms with Crippen LogP contribution in [0.2, 0.25) is 0 Å². The van der Waals surface area contributed by atoms with Crippen molar-refractivity contribution in [2.45, 2.75) is 25.9 Å². The van der Waals surface area contributed by atoms with Gasteiger partial charge in [-0.2, -0.15) is 5.26 Å². The molecule has 0 aliphatic carbocycles. The molecule has 0 atom stereocenters. The van der Waals surface area contributed by atoms with Gasteiger partial charge in [0.2, 0.25) is 0 Å². The molecule has 2 rings (SSSR count). The van der Waals surface area contributed by atoms with Gasteiger partial charge in [-0.15, -0.1) is 0 Å².